The van der Waals surface area contributed by atoms with Gasteiger partial charge in [0.05, 0.1) is 15.5 Å². The smallest absolute Gasteiger partial charge is 0.243 e. The summed E-state index contributed by atoms with van der Waals surface area (Å²) in [6.45, 7) is 2.80. The van der Waals surface area contributed by atoms with E-state index in [-0.39, 0.29) is 39.8 Å². The van der Waals surface area contributed by atoms with Crippen LogP contribution >= 0.6 is 24.0 Å². The molecule has 2 atom stereocenters. The molecule has 1 saturated heterocycles. The quantitative estimate of drug-likeness (QED) is 0.892. The van der Waals surface area contributed by atoms with Crippen LogP contribution in [0.1, 0.15) is 25.3 Å². The molecule has 1 heterocycles. The van der Waals surface area contributed by atoms with Gasteiger partial charge in [-0.05, 0) is 43.9 Å². The van der Waals surface area contributed by atoms with E-state index in [0.717, 1.165) is 12.8 Å². The number of rotatable bonds is 3. The molecule has 122 valence electrons. The molecule has 1 aromatic carbocycles. The first-order chi connectivity index (χ1) is 9.86. The number of piperidine rings is 1. The second kappa shape index (κ2) is 7.62. The van der Waals surface area contributed by atoms with Crippen molar-refractivity contribution < 1.29 is 8.42 Å². The average molecular weight is 364 g/mol. The lowest BCUT2D eigenvalue weighted by atomic mass is 9.93. The highest BCUT2D eigenvalue weighted by Gasteiger charge is 2.31. The molecule has 0 amide bonds. The van der Waals surface area contributed by atoms with E-state index in [2.05, 4.69) is 0 Å². The molecular weight excluding hydrogens is 345 g/mol. The Labute approximate surface area is 142 Å². The third kappa shape index (κ3) is 3.92. The summed E-state index contributed by atoms with van der Waals surface area (Å²) in [5.74, 6) is 0.163. The first kappa shape index (κ1) is 19.2. The summed E-state index contributed by atoms with van der Waals surface area (Å²) in [5.41, 5.74) is 6.06. The molecule has 0 aliphatic carbocycles. The molecule has 1 aliphatic rings. The zero-order valence-electron chi connectivity index (χ0n) is 12.2. The number of sulfonamides is 1. The van der Waals surface area contributed by atoms with Gasteiger partial charge in [-0.1, -0.05) is 11.6 Å². The molecule has 2 rings (SSSR count). The van der Waals surface area contributed by atoms with Crippen molar-refractivity contribution in [2.24, 2.45) is 11.7 Å². The van der Waals surface area contributed by atoms with Crippen molar-refractivity contribution in [3.05, 3.63) is 28.8 Å². The van der Waals surface area contributed by atoms with Gasteiger partial charge < -0.3 is 5.73 Å². The minimum absolute atomic E-state index is 0. The maximum atomic E-state index is 12.7. The topological polar surface area (TPSA) is 87.2 Å². The number of hydrogen-bond acceptors (Lipinski definition) is 4. The van der Waals surface area contributed by atoms with Gasteiger partial charge in [0.25, 0.3) is 0 Å². The number of nitriles is 1. The maximum Gasteiger partial charge on any atom is 0.243 e. The molecular formula is C14H19Cl2N3O2S. The van der Waals surface area contributed by atoms with Gasteiger partial charge >= 0.3 is 0 Å². The Hall–Kier alpha value is -0.840. The summed E-state index contributed by atoms with van der Waals surface area (Å²) in [6.07, 6.45) is 1.73. The van der Waals surface area contributed by atoms with Gasteiger partial charge in [-0.25, -0.2) is 8.42 Å². The molecule has 1 aromatic rings. The Kier molecular flexibility index (Phi) is 6.65. The molecule has 0 saturated carbocycles. The van der Waals surface area contributed by atoms with Crippen LogP contribution in [0.5, 0.6) is 0 Å². The third-order valence-corrected chi connectivity index (χ3v) is 6.05. The summed E-state index contributed by atoms with van der Waals surface area (Å²) < 4.78 is 26.8. The van der Waals surface area contributed by atoms with E-state index in [9.17, 15) is 8.42 Å². The third-order valence-electron chi connectivity index (χ3n) is 3.86. The molecule has 0 radical (unpaired) electrons. The number of halogens is 2. The molecule has 1 aliphatic heterocycles. The molecule has 0 aromatic heterocycles. The van der Waals surface area contributed by atoms with Gasteiger partial charge in [-0.3, -0.25) is 0 Å². The van der Waals surface area contributed by atoms with Crippen LogP contribution in [0.4, 0.5) is 0 Å². The van der Waals surface area contributed by atoms with Crippen molar-refractivity contribution in [3.8, 4) is 6.07 Å². The van der Waals surface area contributed by atoms with E-state index in [1.807, 2.05) is 13.0 Å². The molecule has 0 bridgehead atoms. The molecule has 22 heavy (non-hydrogen) atoms. The van der Waals surface area contributed by atoms with Gasteiger partial charge in [0.1, 0.15) is 6.07 Å². The lowest BCUT2D eigenvalue weighted by molar-refractivity contribution is 0.243. The van der Waals surface area contributed by atoms with Crippen molar-refractivity contribution in [2.45, 2.75) is 30.7 Å². The normalized spacial score (nSPS) is 20.7. The highest BCUT2D eigenvalue weighted by atomic mass is 35.5. The van der Waals surface area contributed by atoms with Crippen LogP contribution in [0.2, 0.25) is 5.02 Å². The summed E-state index contributed by atoms with van der Waals surface area (Å²) in [7, 11) is -3.61. The summed E-state index contributed by atoms with van der Waals surface area (Å²) >= 11 is 5.85. The van der Waals surface area contributed by atoms with Crippen LogP contribution in [-0.2, 0) is 10.0 Å². The summed E-state index contributed by atoms with van der Waals surface area (Å²) in [5, 5.41) is 9.23. The Morgan fingerprint density at radius 2 is 2.18 bits per heavy atom. The van der Waals surface area contributed by atoms with Crippen LogP contribution < -0.4 is 5.73 Å². The zero-order chi connectivity index (χ0) is 15.6. The van der Waals surface area contributed by atoms with Crippen molar-refractivity contribution in [2.75, 3.05) is 13.1 Å². The van der Waals surface area contributed by atoms with E-state index in [1.165, 1.54) is 22.5 Å². The van der Waals surface area contributed by atoms with Gasteiger partial charge in [-0.2, -0.15) is 9.57 Å². The number of nitrogens with two attached hydrogens (primary N) is 1. The van der Waals surface area contributed by atoms with Gasteiger partial charge in [0.15, 0.2) is 0 Å². The van der Waals surface area contributed by atoms with E-state index in [1.54, 1.807) is 0 Å². The van der Waals surface area contributed by atoms with Crippen LogP contribution in [0.25, 0.3) is 0 Å². The Bertz CT molecular complexity index is 671. The van der Waals surface area contributed by atoms with Crippen molar-refractivity contribution in [1.29, 1.82) is 5.26 Å². The summed E-state index contributed by atoms with van der Waals surface area (Å²) in [4.78, 5) is 0.105. The van der Waals surface area contributed by atoms with Crippen molar-refractivity contribution >= 4 is 34.0 Å². The van der Waals surface area contributed by atoms with Gasteiger partial charge in [0.2, 0.25) is 10.0 Å². The standard InChI is InChI=1S/C14H18ClN3O2S.ClH/c1-10(17)11-3-2-6-18(9-11)21(19,20)13-4-5-14(15)12(7-13)8-16;/h4-5,7,10-11H,2-3,6,9,17H2,1H3;1H. The predicted molar refractivity (Wildman–Crippen MR) is 88.5 cm³/mol. The van der Waals surface area contributed by atoms with Gasteiger partial charge in [-0.15, -0.1) is 12.4 Å². The SMILES string of the molecule is CC(N)C1CCCN(S(=O)(=O)c2ccc(Cl)c(C#N)c2)C1.Cl. The monoisotopic (exact) mass is 363 g/mol. The van der Waals surface area contributed by atoms with Crippen LogP contribution in [0.15, 0.2) is 23.1 Å². The van der Waals surface area contributed by atoms with Crippen LogP contribution in [0.3, 0.4) is 0 Å². The molecule has 5 nitrogen and oxygen atoms in total. The van der Waals surface area contributed by atoms with E-state index < -0.39 is 10.0 Å². The number of hydrogen-bond donors (Lipinski definition) is 1. The van der Waals surface area contributed by atoms with Crippen molar-refractivity contribution in [3.63, 3.8) is 0 Å². The largest absolute Gasteiger partial charge is 0.328 e. The lowest BCUT2D eigenvalue weighted by Gasteiger charge is -2.33. The van der Waals surface area contributed by atoms with Crippen molar-refractivity contribution in [1.82, 2.24) is 4.31 Å². The first-order valence-electron chi connectivity index (χ1n) is 6.81. The Balaban J connectivity index is 0.00000242. The molecule has 0 spiro atoms. The minimum Gasteiger partial charge on any atom is -0.328 e. The van der Waals surface area contributed by atoms with E-state index >= 15 is 0 Å². The predicted octanol–water partition coefficient (Wildman–Crippen LogP) is 2.38. The fourth-order valence-corrected chi connectivity index (χ4v) is 4.24. The molecule has 8 heteroatoms. The molecule has 2 unspecified atom stereocenters. The molecule has 1 fully saturated rings. The average Bonchev–Trinajstić information content (AvgIpc) is 2.47. The fraction of sp³-hybridized carbons (Fsp3) is 0.500. The second-order valence-electron chi connectivity index (χ2n) is 5.38. The molecule has 2 N–H and O–H groups in total. The summed E-state index contributed by atoms with van der Waals surface area (Å²) in [6, 6.07) is 6.07. The second-order valence-corrected chi connectivity index (χ2v) is 7.72. The van der Waals surface area contributed by atoms with E-state index in [0.29, 0.717) is 13.1 Å². The van der Waals surface area contributed by atoms with E-state index in [4.69, 9.17) is 22.6 Å². The Morgan fingerprint density at radius 1 is 1.50 bits per heavy atom. The highest BCUT2D eigenvalue weighted by Crippen LogP contribution is 2.27. The number of benzene rings is 1. The van der Waals surface area contributed by atoms with Crippen LogP contribution in [0, 0.1) is 17.2 Å². The Morgan fingerprint density at radius 3 is 2.77 bits per heavy atom. The zero-order valence-corrected chi connectivity index (χ0v) is 14.6. The van der Waals surface area contributed by atoms with Crippen LogP contribution in [-0.4, -0.2) is 31.9 Å². The first-order valence-corrected chi connectivity index (χ1v) is 8.63. The highest BCUT2D eigenvalue weighted by molar-refractivity contribution is 7.89. The lowest BCUT2D eigenvalue weighted by Crippen LogP contribution is -2.44. The maximum absolute atomic E-state index is 12.7. The van der Waals surface area contributed by atoms with Gasteiger partial charge in [0, 0.05) is 19.1 Å². The minimum atomic E-state index is -3.61. The number of nitrogens with zero attached hydrogens (tertiary/aromatic N) is 2. The fourth-order valence-electron chi connectivity index (χ4n) is 2.52.